The number of halogens is 1. The minimum absolute atomic E-state index is 1.05. The van der Waals surface area contributed by atoms with Crippen LogP contribution in [0.2, 0.25) is 0 Å². The van der Waals surface area contributed by atoms with Gasteiger partial charge in [-0.15, -0.1) is 0 Å². The molecule has 0 aliphatic heterocycles. The first kappa shape index (κ1) is 11.9. The van der Waals surface area contributed by atoms with Crippen LogP contribution in [0.4, 0.5) is 5.69 Å². The van der Waals surface area contributed by atoms with Gasteiger partial charge in [-0.3, -0.25) is 0 Å². The lowest BCUT2D eigenvalue weighted by molar-refractivity contribution is 0.990. The molecule has 1 nitrogen and oxygen atoms in total. The Morgan fingerprint density at radius 2 is 2.21 bits per heavy atom. The first-order chi connectivity index (χ1) is 6.74. The van der Waals surface area contributed by atoms with Crippen LogP contribution < -0.4 is 5.32 Å². The average Bonchev–Trinajstić information content (AvgIpc) is 2.18. The molecule has 3 heteroatoms. The molecule has 1 rings (SSSR count). The Bertz CT molecular complexity index is 289. The van der Waals surface area contributed by atoms with Crippen LogP contribution >= 0.6 is 27.7 Å². The van der Waals surface area contributed by atoms with Crippen molar-refractivity contribution in [3.8, 4) is 0 Å². The predicted octanol–water partition coefficient (Wildman–Crippen LogP) is 3.92. The van der Waals surface area contributed by atoms with E-state index >= 15 is 0 Å². The maximum atomic E-state index is 3.47. The first-order valence-electron chi connectivity index (χ1n) is 4.73. The maximum Gasteiger partial charge on any atom is 0.0381 e. The van der Waals surface area contributed by atoms with Crippen molar-refractivity contribution in [3.63, 3.8) is 0 Å². The van der Waals surface area contributed by atoms with Crippen LogP contribution in [-0.2, 0) is 0 Å². The summed E-state index contributed by atoms with van der Waals surface area (Å²) in [4.78, 5) is 0. The molecule has 0 amide bonds. The minimum atomic E-state index is 1.05. The van der Waals surface area contributed by atoms with Crippen molar-refractivity contribution in [2.75, 3.05) is 23.9 Å². The second kappa shape index (κ2) is 6.36. The highest BCUT2D eigenvalue weighted by molar-refractivity contribution is 9.10. The van der Waals surface area contributed by atoms with Gasteiger partial charge in [0.25, 0.3) is 0 Å². The Labute approximate surface area is 98.8 Å². The number of hydrogen-bond acceptors (Lipinski definition) is 2. The minimum Gasteiger partial charge on any atom is -0.385 e. The number of nitrogens with one attached hydrogen (secondary N) is 1. The van der Waals surface area contributed by atoms with Gasteiger partial charge < -0.3 is 5.32 Å². The summed E-state index contributed by atoms with van der Waals surface area (Å²) in [6, 6.07) is 6.33. The van der Waals surface area contributed by atoms with Crippen molar-refractivity contribution in [2.45, 2.75) is 13.3 Å². The molecule has 0 heterocycles. The van der Waals surface area contributed by atoms with Crippen LogP contribution in [0.15, 0.2) is 22.7 Å². The highest BCUT2D eigenvalue weighted by Gasteiger charge is 1.97. The monoisotopic (exact) mass is 273 g/mol. The van der Waals surface area contributed by atoms with Crippen molar-refractivity contribution >= 4 is 33.4 Å². The quantitative estimate of drug-likeness (QED) is 0.817. The summed E-state index contributed by atoms with van der Waals surface area (Å²) >= 11 is 5.37. The maximum absolute atomic E-state index is 3.47. The lowest BCUT2D eigenvalue weighted by Crippen LogP contribution is -2.03. The van der Waals surface area contributed by atoms with Crippen LogP contribution in [0.1, 0.15) is 12.0 Å². The third-order valence-electron chi connectivity index (χ3n) is 2.04. The van der Waals surface area contributed by atoms with Crippen LogP contribution in [0.3, 0.4) is 0 Å². The SMILES string of the molecule is CSCCCNc1cc(Br)ccc1C. The Hall–Kier alpha value is -0.150. The van der Waals surface area contributed by atoms with E-state index in [1.54, 1.807) is 0 Å². The fourth-order valence-corrected chi connectivity index (χ4v) is 2.02. The molecule has 1 aromatic carbocycles. The highest BCUT2D eigenvalue weighted by Crippen LogP contribution is 2.20. The standard InChI is InChI=1S/C11H16BrNS/c1-9-4-5-10(12)8-11(9)13-6-3-7-14-2/h4-5,8,13H,3,6-7H2,1-2H3. The summed E-state index contributed by atoms with van der Waals surface area (Å²) in [5.74, 6) is 1.22. The number of benzene rings is 1. The second-order valence-corrected chi connectivity index (χ2v) is 5.13. The first-order valence-corrected chi connectivity index (χ1v) is 6.91. The molecule has 0 spiro atoms. The van der Waals surface area contributed by atoms with Gasteiger partial charge >= 0.3 is 0 Å². The number of aryl methyl sites for hydroxylation is 1. The van der Waals surface area contributed by atoms with Crippen molar-refractivity contribution in [1.82, 2.24) is 0 Å². The molecule has 0 saturated heterocycles. The van der Waals surface area contributed by atoms with E-state index in [4.69, 9.17) is 0 Å². The predicted molar refractivity (Wildman–Crippen MR) is 70.4 cm³/mol. The molecule has 78 valence electrons. The van der Waals surface area contributed by atoms with Crippen molar-refractivity contribution < 1.29 is 0 Å². The number of anilines is 1. The highest BCUT2D eigenvalue weighted by atomic mass is 79.9. The van der Waals surface area contributed by atoms with Gasteiger partial charge in [-0.25, -0.2) is 0 Å². The molecule has 0 bridgehead atoms. The Morgan fingerprint density at radius 1 is 1.43 bits per heavy atom. The third-order valence-corrected chi connectivity index (χ3v) is 3.23. The lowest BCUT2D eigenvalue weighted by atomic mass is 10.2. The normalized spacial score (nSPS) is 10.2. The van der Waals surface area contributed by atoms with Gasteiger partial charge in [0, 0.05) is 16.7 Å². The van der Waals surface area contributed by atoms with E-state index in [-0.39, 0.29) is 0 Å². The molecule has 0 aliphatic rings. The zero-order chi connectivity index (χ0) is 10.4. The fraction of sp³-hybridized carbons (Fsp3) is 0.455. The summed E-state index contributed by atoms with van der Waals surface area (Å²) < 4.78 is 1.13. The van der Waals surface area contributed by atoms with Crippen LogP contribution in [0, 0.1) is 6.92 Å². The van der Waals surface area contributed by atoms with Gasteiger partial charge in [-0.1, -0.05) is 22.0 Å². The molecular formula is C11H16BrNS. The Morgan fingerprint density at radius 3 is 2.93 bits per heavy atom. The summed E-state index contributed by atoms with van der Waals surface area (Å²) in [5, 5.41) is 3.45. The second-order valence-electron chi connectivity index (χ2n) is 3.23. The molecule has 0 aliphatic carbocycles. The molecular weight excluding hydrogens is 258 g/mol. The van der Waals surface area contributed by atoms with E-state index in [2.05, 4.69) is 52.6 Å². The van der Waals surface area contributed by atoms with Crippen molar-refractivity contribution in [2.24, 2.45) is 0 Å². The van der Waals surface area contributed by atoms with E-state index in [1.165, 1.54) is 23.4 Å². The number of hydrogen-bond donors (Lipinski definition) is 1. The molecule has 0 radical (unpaired) electrons. The zero-order valence-corrected chi connectivity index (χ0v) is 11.0. The van der Waals surface area contributed by atoms with E-state index in [0.717, 1.165) is 11.0 Å². The van der Waals surface area contributed by atoms with E-state index in [1.807, 2.05) is 11.8 Å². The Kier molecular flexibility index (Phi) is 5.41. The van der Waals surface area contributed by atoms with Gasteiger partial charge in [0.1, 0.15) is 0 Å². The van der Waals surface area contributed by atoms with E-state index in [9.17, 15) is 0 Å². The fourth-order valence-electron chi connectivity index (χ4n) is 1.22. The van der Waals surface area contributed by atoms with Gasteiger partial charge in [-0.05, 0) is 43.0 Å². The molecule has 14 heavy (non-hydrogen) atoms. The van der Waals surface area contributed by atoms with E-state index in [0.29, 0.717) is 0 Å². The summed E-state index contributed by atoms with van der Waals surface area (Å²) in [6.07, 6.45) is 3.36. The molecule has 1 aromatic rings. The van der Waals surface area contributed by atoms with Crippen molar-refractivity contribution in [3.05, 3.63) is 28.2 Å². The van der Waals surface area contributed by atoms with Gasteiger partial charge in [-0.2, -0.15) is 11.8 Å². The number of rotatable bonds is 5. The van der Waals surface area contributed by atoms with Gasteiger partial charge in [0.15, 0.2) is 0 Å². The van der Waals surface area contributed by atoms with Crippen LogP contribution in [0.5, 0.6) is 0 Å². The van der Waals surface area contributed by atoms with Gasteiger partial charge in [0.2, 0.25) is 0 Å². The van der Waals surface area contributed by atoms with Crippen molar-refractivity contribution in [1.29, 1.82) is 0 Å². The molecule has 1 N–H and O–H groups in total. The average molecular weight is 274 g/mol. The summed E-state index contributed by atoms with van der Waals surface area (Å²) in [5.41, 5.74) is 2.54. The smallest absolute Gasteiger partial charge is 0.0381 e. The largest absolute Gasteiger partial charge is 0.385 e. The molecule has 0 aromatic heterocycles. The molecule has 0 saturated carbocycles. The van der Waals surface area contributed by atoms with Gasteiger partial charge in [0.05, 0.1) is 0 Å². The molecule has 0 atom stereocenters. The Balaban J connectivity index is 2.45. The zero-order valence-electron chi connectivity index (χ0n) is 8.64. The number of thioether (sulfide) groups is 1. The van der Waals surface area contributed by atoms with Crippen LogP contribution in [-0.4, -0.2) is 18.6 Å². The topological polar surface area (TPSA) is 12.0 Å². The van der Waals surface area contributed by atoms with E-state index < -0.39 is 0 Å². The summed E-state index contributed by atoms with van der Waals surface area (Å²) in [6.45, 7) is 3.18. The lowest BCUT2D eigenvalue weighted by Gasteiger charge is -2.09. The van der Waals surface area contributed by atoms with Crippen LogP contribution in [0.25, 0.3) is 0 Å². The molecule has 0 unspecified atom stereocenters. The molecule has 0 fully saturated rings. The summed E-state index contributed by atoms with van der Waals surface area (Å²) in [7, 11) is 0. The third kappa shape index (κ3) is 3.93.